The summed E-state index contributed by atoms with van der Waals surface area (Å²) in [6.07, 6.45) is 0.781. The fourth-order valence-corrected chi connectivity index (χ4v) is 0.570. The van der Waals surface area contributed by atoms with Crippen molar-refractivity contribution in [2.75, 3.05) is 0 Å². The molecule has 0 fully saturated rings. The van der Waals surface area contributed by atoms with E-state index < -0.39 is 0 Å². The van der Waals surface area contributed by atoms with Crippen LogP contribution in [0, 0.1) is 5.88 Å². The third-order valence-corrected chi connectivity index (χ3v) is 0.770. The van der Waals surface area contributed by atoms with Gasteiger partial charge in [0.1, 0.15) is 0 Å². The summed E-state index contributed by atoms with van der Waals surface area (Å²) in [4.78, 5) is 0. The summed E-state index contributed by atoms with van der Waals surface area (Å²) in [5.74, 6) is 1.54. The molecule has 1 radical (unpaired) electrons. The predicted molar refractivity (Wildman–Crippen MR) is 30.1 cm³/mol. The molecule has 0 rings (SSSR count). The number of hydrogen-bond donors (Lipinski definition) is 0. The zero-order valence-electron chi connectivity index (χ0n) is 3.62. The van der Waals surface area contributed by atoms with Gasteiger partial charge in [0.05, 0.1) is 5.88 Å². The Labute approximate surface area is 48.4 Å². The smallest absolute Gasteiger partial charge is 0.0514 e. The molecule has 0 saturated heterocycles. The number of rotatable bonds is 2. The molecule has 0 aliphatic heterocycles. The van der Waals surface area contributed by atoms with Gasteiger partial charge in [-0.05, 0) is 13.3 Å². The van der Waals surface area contributed by atoms with Crippen LogP contribution in [-0.4, -0.2) is 5.38 Å². The van der Waals surface area contributed by atoms with Crippen LogP contribution in [0.2, 0.25) is 0 Å². The minimum absolute atomic E-state index is 0.183. The minimum atomic E-state index is 0.183. The van der Waals surface area contributed by atoms with E-state index in [0.29, 0.717) is 0 Å². The van der Waals surface area contributed by atoms with E-state index in [-0.39, 0.29) is 5.38 Å². The molecule has 0 aliphatic rings. The van der Waals surface area contributed by atoms with Crippen LogP contribution in [0.15, 0.2) is 0 Å². The van der Waals surface area contributed by atoms with Gasteiger partial charge in [-0.25, -0.2) is 0 Å². The Bertz CT molecular complexity index is 26.7. The van der Waals surface area contributed by atoms with E-state index in [9.17, 15) is 0 Å². The minimum Gasteiger partial charge on any atom is -0.123 e. The average Bonchev–Trinajstić information content (AvgIpc) is 1.35. The van der Waals surface area contributed by atoms with E-state index in [1.54, 1.807) is 0 Å². The van der Waals surface area contributed by atoms with Crippen LogP contribution in [0.1, 0.15) is 13.3 Å². The number of alkyl halides is 1. The van der Waals surface area contributed by atoms with Crippen LogP contribution < -0.4 is 0 Å². The number of halogens is 2. The zero-order valence-corrected chi connectivity index (χ0v) is 5.13. The van der Waals surface area contributed by atoms with Gasteiger partial charge < -0.3 is 0 Å². The lowest BCUT2D eigenvalue weighted by Gasteiger charge is -1.91. The summed E-state index contributed by atoms with van der Waals surface area (Å²) in [5.41, 5.74) is 0. The van der Waals surface area contributed by atoms with Gasteiger partial charge in [-0.1, -0.05) is 0 Å². The van der Waals surface area contributed by atoms with Crippen molar-refractivity contribution in [3.05, 3.63) is 5.88 Å². The molecule has 0 spiro atoms. The van der Waals surface area contributed by atoms with Gasteiger partial charge in [0.2, 0.25) is 0 Å². The van der Waals surface area contributed by atoms with Gasteiger partial charge in [-0.15, -0.1) is 23.2 Å². The quantitative estimate of drug-likeness (QED) is 0.498. The molecule has 0 saturated carbocycles. The highest BCUT2D eigenvalue weighted by atomic mass is 35.5. The molecule has 1 unspecified atom stereocenters. The van der Waals surface area contributed by atoms with Crippen molar-refractivity contribution in [1.82, 2.24) is 0 Å². The standard InChI is InChI=1S/C4H7Cl2/c1-4(6)2-3-5/h3-4H,2H2,1H3. The first-order valence-electron chi connectivity index (χ1n) is 1.83. The predicted octanol–water partition coefficient (Wildman–Crippen LogP) is 2.40. The van der Waals surface area contributed by atoms with Crippen LogP contribution in [0.5, 0.6) is 0 Å². The summed E-state index contributed by atoms with van der Waals surface area (Å²) in [6, 6.07) is 0. The van der Waals surface area contributed by atoms with E-state index in [1.165, 1.54) is 5.88 Å². The third-order valence-electron chi connectivity index (χ3n) is 0.414. The number of hydrogen-bond acceptors (Lipinski definition) is 0. The maximum Gasteiger partial charge on any atom is 0.0514 e. The molecular formula is C4H7Cl2. The van der Waals surface area contributed by atoms with E-state index in [2.05, 4.69) is 0 Å². The van der Waals surface area contributed by atoms with E-state index in [4.69, 9.17) is 23.2 Å². The average molecular weight is 126 g/mol. The van der Waals surface area contributed by atoms with Gasteiger partial charge in [0.15, 0.2) is 0 Å². The second-order valence-electron chi connectivity index (χ2n) is 1.17. The fraction of sp³-hybridized carbons (Fsp3) is 0.750. The Balaban J connectivity index is 2.63. The van der Waals surface area contributed by atoms with Crippen molar-refractivity contribution < 1.29 is 0 Å². The fourth-order valence-electron chi connectivity index (χ4n) is 0.123. The topological polar surface area (TPSA) is 0 Å². The Hall–Kier alpha value is 0.580. The summed E-state index contributed by atoms with van der Waals surface area (Å²) in [5, 5.41) is 0.183. The SMILES string of the molecule is CC(Cl)C[CH]Cl. The van der Waals surface area contributed by atoms with Crippen molar-refractivity contribution in [2.45, 2.75) is 18.7 Å². The molecule has 6 heavy (non-hydrogen) atoms. The summed E-state index contributed by atoms with van der Waals surface area (Å²) in [6.45, 7) is 1.90. The highest BCUT2D eigenvalue weighted by Crippen LogP contribution is 2.03. The lowest BCUT2D eigenvalue weighted by molar-refractivity contribution is 0.952. The Morgan fingerprint density at radius 1 is 1.83 bits per heavy atom. The van der Waals surface area contributed by atoms with Crippen LogP contribution >= 0.6 is 23.2 Å². The second-order valence-corrected chi connectivity index (χ2v) is 2.22. The molecule has 0 N–H and O–H groups in total. The largest absolute Gasteiger partial charge is 0.123 e. The van der Waals surface area contributed by atoms with Gasteiger partial charge in [0, 0.05) is 5.38 Å². The molecule has 0 aliphatic carbocycles. The second kappa shape index (κ2) is 3.76. The van der Waals surface area contributed by atoms with Crippen LogP contribution in [0.4, 0.5) is 0 Å². The van der Waals surface area contributed by atoms with Crippen molar-refractivity contribution in [3.8, 4) is 0 Å². The molecule has 0 aromatic rings. The Morgan fingerprint density at radius 2 is 2.33 bits per heavy atom. The molecule has 0 amide bonds. The Kier molecular flexibility index (Phi) is 4.12. The monoisotopic (exact) mass is 125 g/mol. The van der Waals surface area contributed by atoms with Crippen molar-refractivity contribution in [2.24, 2.45) is 0 Å². The van der Waals surface area contributed by atoms with E-state index >= 15 is 0 Å². The maximum atomic E-state index is 5.46. The summed E-state index contributed by atoms with van der Waals surface area (Å²) in [7, 11) is 0. The maximum absolute atomic E-state index is 5.46. The van der Waals surface area contributed by atoms with Gasteiger partial charge in [-0.2, -0.15) is 0 Å². The molecular weight excluding hydrogens is 119 g/mol. The molecule has 0 aromatic heterocycles. The third kappa shape index (κ3) is 4.58. The normalized spacial score (nSPS) is 14.5. The lowest BCUT2D eigenvalue weighted by atomic mass is 10.4. The molecule has 1 atom stereocenters. The molecule has 0 nitrogen and oxygen atoms in total. The molecule has 0 heterocycles. The first-order chi connectivity index (χ1) is 2.77. The molecule has 0 bridgehead atoms. The Morgan fingerprint density at radius 3 is 2.33 bits per heavy atom. The summed E-state index contributed by atoms with van der Waals surface area (Å²) < 4.78 is 0. The van der Waals surface area contributed by atoms with Gasteiger partial charge in [-0.3, -0.25) is 0 Å². The first kappa shape index (κ1) is 6.58. The lowest BCUT2D eigenvalue weighted by Crippen LogP contribution is -1.85. The van der Waals surface area contributed by atoms with Crippen LogP contribution in [-0.2, 0) is 0 Å². The van der Waals surface area contributed by atoms with Crippen LogP contribution in [0.3, 0.4) is 0 Å². The summed E-state index contributed by atoms with van der Waals surface area (Å²) >= 11 is 10.6. The van der Waals surface area contributed by atoms with Crippen molar-refractivity contribution in [1.29, 1.82) is 0 Å². The van der Waals surface area contributed by atoms with Crippen molar-refractivity contribution in [3.63, 3.8) is 0 Å². The molecule has 37 valence electrons. The molecule has 0 aromatic carbocycles. The van der Waals surface area contributed by atoms with Gasteiger partial charge in [0.25, 0.3) is 0 Å². The van der Waals surface area contributed by atoms with Crippen LogP contribution in [0.25, 0.3) is 0 Å². The van der Waals surface area contributed by atoms with Gasteiger partial charge >= 0.3 is 0 Å². The van der Waals surface area contributed by atoms with E-state index in [1.807, 2.05) is 6.92 Å². The molecule has 2 heteroatoms. The highest BCUT2D eigenvalue weighted by molar-refractivity contribution is 6.25. The highest BCUT2D eigenvalue weighted by Gasteiger charge is 1.90. The van der Waals surface area contributed by atoms with E-state index in [0.717, 1.165) is 6.42 Å². The first-order valence-corrected chi connectivity index (χ1v) is 2.70. The zero-order chi connectivity index (χ0) is 4.99. The van der Waals surface area contributed by atoms with Crippen molar-refractivity contribution >= 4 is 23.2 Å².